The Balaban J connectivity index is 2.25. The van der Waals surface area contributed by atoms with Crippen molar-refractivity contribution in [1.82, 2.24) is 15.0 Å². The zero-order chi connectivity index (χ0) is 13.4. The second-order valence-electron chi connectivity index (χ2n) is 3.87. The number of hydrogen-bond acceptors (Lipinski definition) is 5. The fourth-order valence-electron chi connectivity index (χ4n) is 1.38. The molecule has 1 heterocycles. The first-order valence-corrected chi connectivity index (χ1v) is 8.41. The number of thiazole rings is 1. The highest BCUT2D eigenvalue weighted by atomic mass is 32.2. The van der Waals surface area contributed by atoms with Crippen LogP contribution in [0, 0.1) is 0 Å². The average Bonchev–Trinajstić information content (AvgIpc) is 2.73. The number of nitrogens with one attached hydrogen (secondary N) is 3. The molecule has 3 N–H and O–H groups in total. The second-order valence-corrected chi connectivity index (χ2v) is 6.64. The molecule has 0 bridgehead atoms. The van der Waals surface area contributed by atoms with Crippen molar-refractivity contribution in [3.05, 3.63) is 20.7 Å². The molecule has 0 aliphatic carbocycles. The molecule has 1 rings (SSSR count). The number of sulfonamides is 1. The van der Waals surface area contributed by atoms with Crippen molar-refractivity contribution in [3.63, 3.8) is 0 Å². The summed E-state index contributed by atoms with van der Waals surface area (Å²) in [5.41, 5.74) is 0.598. The van der Waals surface area contributed by atoms with Gasteiger partial charge in [-0.2, -0.15) is 0 Å². The summed E-state index contributed by atoms with van der Waals surface area (Å²) in [6.45, 7) is 3.90. The quantitative estimate of drug-likeness (QED) is 0.569. The first kappa shape index (κ1) is 15.4. The van der Waals surface area contributed by atoms with Crippen molar-refractivity contribution in [2.24, 2.45) is 0 Å². The van der Waals surface area contributed by atoms with E-state index in [4.69, 9.17) is 0 Å². The number of aromatic nitrogens is 1. The van der Waals surface area contributed by atoms with Crippen molar-refractivity contribution in [2.45, 2.75) is 26.3 Å². The predicted molar refractivity (Wildman–Crippen MR) is 73.3 cm³/mol. The minimum Gasteiger partial charge on any atom is -0.317 e. The van der Waals surface area contributed by atoms with E-state index in [1.807, 2.05) is 6.92 Å². The van der Waals surface area contributed by atoms with E-state index >= 15 is 0 Å². The van der Waals surface area contributed by atoms with Crippen LogP contribution in [0.3, 0.4) is 0 Å². The molecule has 8 heteroatoms. The summed E-state index contributed by atoms with van der Waals surface area (Å²) >= 11 is 1.03. The Morgan fingerprint density at radius 2 is 2.17 bits per heavy atom. The second kappa shape index (κ2) is 7.67. The summed E-state index contributed by atoms with van der Waals surface area (Å²) in [7, 11) is -3.25. The van der Waals surface area contributed by atoms with Gasteiger partial charge in [0, 0.05) is 11.1 Å². The molecule has 1 aromatic rings. The lowest BCUT2D eigenvalue weighted by Crippen LogP contribution is -2.26. The van der Waals surface area contributed by atoms with Gasteiger partial charge in [-0.25, -0.2) is 13.1 Å². The summed E-state index contributed by atoms with van der Waals surface area (Å²) in [6, 6.07) is 0. The molecule has 0 fully saturated rings. The maximum atomic E-state index is 11.6. The van der Waals surface area contributed by atoms with Gasteiger partial charge >= 0.3 is 4.87 Å². The van der Waals surface area contributed by atoms with Gasteiger partial charge in [0.1, 0.15) is 0 Å². The molecule has 6 nitrogen and oxygen atoms in total. The molecule has 1 aromatic heterocycles. The van der Waals surface area contributed by atoms with E-state index in [2.05, 4.69) is 15.0 Å². The molecule has 0 radical (unpaired) electrons. The zero-order valence-electron chi connectivity index (χ0n) is 10.4. The van der Waals surface area contributed by atoms with Gasteiger partial charge in [-0.3, -0.25) is 4.79 Å². The van der Waals surface area contributed by atoms with Crippen LogP contribution < -0.4 is 14.9 Å². The van der Waals surface area contributed by atoms with Crippen molar-refractivity contribution < 1.29 is 8.42 Å². The molecule has 18 heavy (non-hydrogen) atoms. The van der Waals surface area contributed by atoms with Gasteiger partial charge in [0.15, 0.2) is 0 Å². The first-order chi connectivity index (χ1) is 8.53. The molecule has 0 atom stereocenters. The van der Waals surface area contributed by atoms with Gasteiger partial charge in [0.05, 0.1) is 12.3 Å². The Bertz CT molecular complexity index is 492. The van der Waals surface area contributed by atoms with E-state index in [0.29, 0.717) is 12.1 Å². The lowest BCUT2D eigenvalue weighted by atomic mass is 10.3. The highest BCUT2D eigenvalue weighted by Crippen LogP contribution is 1.98. The van der Waals surface area contributed by atoms with E-state index in [9.17, 15) is 13.2 Å². The fraction of sp³-hybridized carbons (Fsp3) is 0.700. The molecule has 0 saturated carbocycles. The van der Waals surface area contributed by atoms with E-state index in [1.54, 1.807) is 5.38 Å². The molecular formula is C10H19N3O3S2. The monoisotopic (exact) mass is 293 g/mol. The predicted octanol–water partition coefficient (Wildman–Crippen LogP) is 0.246. The molecule has 104 valence electrons. The number of H-pyrrole nitrogens is 1. The lowest BCUT2D eigenvalue weighted by molar-refractivity contribution is 0.573. The van der Waals surface area contributed by atoms with Gasteiger partial charge in [0.25, 0.3) is 0 Å². The van der Waals surface area contributed by atoms with Crippen LogP contribution in [0.25, 0.3) is 0 Å². The highest BCUT2D eigenvalue weighted by Gasteiger charge is 2.09. The Hall–Kier alpha value is -0.700. The van der Waals surface area contributed by atoms with Gasteiger partial charge in [-0.05, 0) is 25.9 Å². The van der Waals surface area contributed by atoms with E-state index in [0.717, 1.165) is 30.8 Å². The smallest absolute Gasteiger partial charge is 0.304 e. The average molecular weight is 293 g/mol. The summed E-state index contributed by atoms with van der Waals surface area (Å²) in [5.74, 6) is 0.118. The number of rotatable bonds is 9. The molecule has 0 unspecified atom stereocenters. The number of hydrogen-bond donors (Lipinski definition) is 3. The van der Waals surface area contributed by atoms with E-state index in [1.165, 1.54) is 0 Å². The van der Waals surface area contributed by atoms with Crippen LogP contribution in [0.1, 0.15) is 25.5 Å². The molecule has 0 aliphatic rings. The van der Waals surface area contributed by atoms with E-state index < -0.39 is 10.0 Å². The van der Waals surface area contributed by atoms with Crippen LogP contribution in [0.4, 0.5) is 0 Å². The number of aromatic amines is 1. The third-order valence-electron chi connectivity index (χ3n) is 2.32. The van der Waals surface area contributed by atoms with Crippen LogP contribution in [0.5, 0.6) is 0 Å². The SMILES string of the molecule is CCNCCCCS(=O)(=O)NCc1csc(=O)[nH]1. The van der Waals surface area contributed by atoms with Crippen LogP contribution in [0.2, 0.25) is 0 Å². The number of unbranched alkanes of at least 4 members (excludes halogenated alkanes) is 1. The Kier molecular flexibility index (Phi) is 6.55. The first-order valence-electron chi connectivity index (χ1n) is 5.88. The van der Waals surface area contributed by atoms with Crippen LogP contribution in [-0.2, 0) is 16.6 Å². The summed E-state index contributed by atoms with van der Waals surface area (Å²) in [5, 5.41) is 4.76. The van der Waals surface area contributed by atoms with Crippen LogP contribution >= 0.6 is 11.3 Å². The standard InChI is InChI=1S/C10H19N3O3S2/c1-2-11-5-3-4-6-18(15,16)12-7-9-8-17-10(14)13-9/h8,11-12H,2-7H2,1H3,(H,13,14). The van der Waals surface area contributed by atoms with Crippen molar-refractivity contribution in [1.29, 1.82) is 0 Å². The minimum atomic E-state index is -3.25. The topological polar surface area (TPSA) is 91.1 Å². The Labute approximate surface area is 111 Å². The molecule has 0 aliphatic heterocycles. The zero-order valence-corrected chi connectivity index (χ0v) is 12.0. The summed E-state index contributed by atoms with van der Waals surface area (Å²) in [4.78, 5) is 13.3. The largest absolute Gasteiger partial charge is 0.317 e. The Morgan fingerprint density at radius 3 is 2.78 bits per heavy atom. The molecular weight excluding hydrogens is 274 g/mol. The van der Waals surface area contributed by atoms with Gasteiger partial charge in [-0.15, -0.1) is 0 Å². The van der Waals surface area contributed by atoms with Crippen molar-refractivity contribution in [3.8, 4) is 0 Å². The summed E-state index contributed by atoms with van der Waals surface area (Å²) in [6.07, 6.45) is 1.46. The Morgan fingerprint density at radius 1 is 1.39 bits per heavy atom. The minimum absolute atomic E-state index is 0.118. The molecule has 0 amide bonds. The lowest BCUT2D eigenvalue weighted by Gasteiger charge is -2.05. The van der Waals surface area contributed by atoms with E-state index in [-0.39, 0.29) is 17.2 Å². The summed E-state index contributed by atoms with van der Waals surface area (Å²) < 4.78 is 25.7. The fourth-order valence-corrected chi connectivity index (χ4v) is 3.06. The van der Waals surface area contributed by atoms with Gasteiger partial charge in [-0.1, -0.05) is 18.3 Å². The molecule has 0 aromatic carbocycles. The van der Waals surface area contributed by atoms with Crippen molar-refractivity contribution >= 4 is 21.4 Å². The van der Waals surface area contributed by atoms with Gasteiger partial charge in [0.2, 0.25) is 10.0 Å². The van der Waals surface area contributed by atoms with Crippen molar-refractivity contribution in [2.75, 3.05) is 18.8 Å². The molecule has 0 spiro atoms. The maximum Gasteiger partial charge on any atom is 0.304 e. The van der Waals surface area contributed by atoms with Crippen LogP contribution in [0.15, 0.2) is 10.2 Å². The molecule has 0 saturated heterocycles. The normalized spacial score (nSPS) is 11.8. The van der Waals surface area contributed by atoms with Crippen LogP contribution in [-0.4, -0.2) is 32.2 Å². The highest BCUT2D eigenvalue weighted by molar-refractivity contribution is 7.89. The van der Waals surface area contributed by atoms with Gasteiger partial charge < -0.3 is 10.3 Å². The third kappa shape index (κ3) is 6.29. The maximum absolute atomic E-state index is 11.6. The third-order valence-corrected chi connectivity index (χ3v) is 4.45.